The molecule has 1 atom stereocenters. The zero-order valence-corrected chi connectivity index (χ0v) is 18.7. The minimum absolute atomic E-state index is 0.0799. The van der Waals surface area contributed by atoms with E-state index in [0.29, 0.717) is 25.3 Å². The van der Waals surface area contributed by atoms with Crippen LogP contribution in [0.5, 0.6) is 11.5 Å². The van der Waals surface area contributed by atoms with Crippen LogP contribution in [-0.2, 0) is 16.1 Å². The van der Waals surface area contributed by atoms with Crippen LogP contribution in [0.2, 0.25) is 0 Å². The standard InChI is InChI=1S/C25H30N2O4/c1-16-5-6-20(13-17(16)2)26-12-11-22(24(26)28)25(29)27(19-7-8-19)15-18-14-21(30-3)9-10-23(18)31-4/h5-6,9-10,13-14,19,22H,7-8,11-12,15H2,1-4H3. The van der Waals surface area contributed by atoms with Gasteiger partial charge in [0.15, 0.2) is 0 Å². The fourth-order valence-electron chi connectivity index (χ4n) is 4.22. The fourth-order valence-corrected chi connectivity index (χ4v) is 4.22. The maximum absolute atomic E-state index is 13.5. The SMILES string of the molecule is COc1ccc(OC)c(CN(C(=O)C2CCN(c3ccc(C)c(C)c3)C2=O)C2CC2)c1. The number of amides is 2. The fraction of sp³-hybridized carbons (Fsp3) is 0.440. The molecule has 2 aromatic carbocycles. The van der Waals surface area contributed by atoms with Gasteiger partial charge < -0.3 is 19.3 Å². The molecule has 2 aromatic rings. The van der Waals surface area contributed by atoms with E-state index in [-0.39, 0.29) is 17.9 Å². The summed E-state index contributed by atoms with van der Waals surface area (Å²) in [5, 5.41) is 0. The van der Waals surface area contributed by atoms with Crippen molar-refractivity contribution in [3.05, 3.63) is 53.1 Å². The largest absolute Gasteiger partial charge is 0.497 e. The monoisotopic (exact) mass is 422 g/mol. The van der Waals surface area contributed by atoms with E-state index in [4.69, 9.17) is 9.47 Å². The van der Waals surface area contributed by atoms with Crippen LogP contribution in [0, 0.1) is 19.8 Å². The number of nitrogens with zero attached hydrogens (tertiary/aromatic N) is 2. The normalized spacial score (nSPS) is 18.3. The summed E-state index contributed by atoms with van der Waals surface area (Å²) in [6.45, 7) is 5.08. The van der Waals surface area contributed by atoms with Crippen molar-refractivity contribution >= 4 is 17.5 Å². The van der Waals surface area contributed by atoms with Crippen molar-refractivity contribution in [1.29, 1.82) is 0 Å². The van der Waals surface area contributed by atoms with Gasteiger partial charge in [0.05, 0.1) is 14.2 Å². The molecule has 1 aliphatic heterocycles. The molecule has 1 aliphatic carbocycles. The zero-order valence-electron chi connectivity index (χ0n) is 18.7. The van der Waals surface area contributed by atoms with E-state index in [2.05, 4.69) is 6.92 Å². The van der Waals surface area contributed by atoms with E-state index in [1.807, 2.05) is 48.2 Å². The highest BCUT2D eigenvalue weighted by Gasteiger charge is 2.43. The molecule has 0 N–H and O–H groups in total. The van der Waals surface area contributed by atoms with Gasteiger partial charge in [-0.25, -0.2) is 0 Å². The lowest BCUT2D eigenvalue weighted by Crippen LogP contribution is -2.41. The Morgan fingerprint density at radius 1 is 1.03 bits per heavy atom. The molecule has 2 fully saturated rings. The second kappa shape index (κ2) is 8.61. The number of hydrogen-bond donors (Lipinski definition) is 0. The van der Waals surface area contributed by atoms with Gasteiger partial charge in [0.2, 0.25) is 11.8 Å². The number of carbonyl (C=O) groups excluding carboxylic acids is 2. The molecule has 6 nitrogen and oxygen atoms in total. The van der Waals surface area contributed by atoms with Crippen molar-refractivity contribution in [1.82, 2.24) is 4.90 Å². The number of aryl methyl sites for hydroxylation is 2. The Morgan fingerprint density at radius 3 is 2.45 bits per heavy atom. The van der Waals surface area contributed by atoms with Gasteiger partial charge in [-0.1, -0.05) is 6.07 Å². The highest BCUT2D eigenvalue weighted by Crippen LogP contribution is 2.35. The van der Waals surface area contributed by atoms with E-state index >= 15 is 0 Å². The molecule has 2 aliphatic rings. The van der Waals surface area contributed by atoms with Crippen LogP contribution in [0.25, 0.3) is 0 Å². The number of ether oxygens (including phenoxy) is 2. The number of benzene rings is 2. The highest BCUT2D eigenvalue weighted by atomic mass is 16.5. The second-order valence-corrected chi connectivity index (χ2v) is 8.47. The van der Waals surface area contributed by atoms with Gasteiger partial charge in [0.1, 0.15) is 17.4 Å². The van der Waals surface area contributed by atoms with Crippen LogP contribution >= 0.6 is 0 Å². The third-order valence-electron chi connectivity index (χ3n) is 6.40. The summed E-state index contributed by atoms with van der Waals surface area (Å²) in [7, 11) is 3.24. The van der Waals surface area contributed by atoms with Gasteiger partial charge in [-0.3, -0.25) is 9.59 Å². The van der Waals surface area contributed by atoms with Crippen LogP contribution < -0.4 is 14.4 Å². The summed E-state index contributed by atoms with van der Waals surface area (Å²) in [4.78, 5) is 30.3. The minimum atomic E-state index is -0.626. The quantitative estimate of drug-likeness (QED) is 0.636. The first-order valence-corrected chi connectivity index (χ1v) is 10.8. The molecule has 2 amide bonds. The van der Waals surface area contributed by atoms with E-state index < -0.39 is 5.92 Å². The Balaban J connectivity index is 1.54. The average Bonchev–Trinajstić information content (AvgIpc) is 3.54. The topological polar surface area (TPSA) is 59.1 Å². The van der Waals surface area contributed by atoms with Crippen molar-refractivity contribution in [3.8, 4) is 11.5 Å². The molecule has 1 unspecified atom stereocenters. The third kappa shape index (κ3) is 4.24. The summed E-state index contributed by atoms with van der Waals surface area (Å²) in [5.41, 5.74) is 4.09. The van der Waals surface area contributed by atoms with E-state index in [1.54, 1.807) is 19.1 Å². The highest BCUT2D eigenvalue weighted by molar-refractivity contribution is 6.09. The molecule has 1 saturated carbocycles. The van der Waals surface area contributed by atoms with Gasteiger partial charge in [-0.15, -0.1) is 0 Å². The lowest BCUT2D eigenvalue weighted by atomic mass is 10.0. The van der Waals surface area contributed by atoms with E-state index in [0.717, 1.165) is 35.4 Å². The molecule has 0 spiro atoms. The molecule has 1 heterocycles. The minimum Gasteiger partial charge on any atom is -0.497 e. The summed E-state index contributed by atoms with van der Waals surface area (Å²) >= 11 is 0. The Bertz CT molecular complexity index is 999. The number of methoxy groups -OCH3 is 2. The maximum Gasteiger partial charge on any atom is 0.239 e. The number of anilines is 1. The van der Waals surface area contributed by atoms with Crippen LogP contribution in [0.15, 0.2) is 36.4 Å². The smallest absolute Gasteiger partial charge is 0.239 e. The van der Waals surface area contributed by atoms with Crippen LogP contribution in [0.3, 0.4) is 0 Å². The Labute approximate surface area is 183 Å². The molecule has 164 valence electrons. The first-order valence-electron chi connectivity index (χ1n) is 10.8. The number of carbonyl (C=O) groups is 2. The summed E-state index contributed by atoms with van der Waals surface area (Å²) < 4.78 is 10.8. The molecule has 0 radical (unpaired) electrons. The summed E-state index contributed by atoms with van der Waals surface area (Å²) in [6, 6.07) is 11.8. The zero-order chi connectivity index (χ0) is 22.1. The van der Waals surface area contributed by atoms with E-state index in [9.17, 15) is 9.59 Å². The van der Waals surface area contributed by atoms with Crippen LogP contribution in [0.1, 0.15) is 36.0 Å². The lowest BCUT2D eigenvalue weighted by molar-refractivity contribution is -0.140. The van der Waals surface area contributed by atoms with Gasteiger partial charge in [-0.2, -0.15) is 0 Å². The van der Waals surface area contributed by atoms with Crippen molar-refractivity contribution in [2.45, 2.75) is 45.7 Å². The maximum atomic E-state index is 13.5. The third-order valence-corrected chi connectivity index (χ3v) is 6.40. The molecular formula is C25H30N2O4. The predicted molar refractivity (Wildman–Crippen MR) is 119 cm³/mol. The lowest BCUT2D eigenvalue weighted by Gasteiger charge is -2.26. The van der Waals surface area contributed by atoms with Crippen molar-refractivity contribution in [2.24, 2.45) is 5.92 Å². The second-order valence-electron chi connectivity index (χ2n) is 8.47. The van der Waals surface area contributed by atoms with Gasteiger partial charge in [-0.05, 0) is 74.6 Å². The first-order chi connectivity index (χ1) is 14.9. The molecule has 31 heavy (non-hydrogen) atoms. The molecule has 1 saturated heterocycles. The summed E-state index contributed by atoms with van der Waals surface area (Å²) in [6.07, 6.45) is 2.49. The van der Waals surface area contributed by atoms with E-state index in [1.165, 1.54) is 5.56 Å². The van der Waals surface area contributed by atoms with Gasteiger partial charge in [0.25, 0.3) is 0 Å². The molecule has 0 aromatic heterocycles. The van der Waals surface area contributed by atoms with Crippen molar-refractivity contribution in [3.63, 3.8) is 0 Å². The van der Waals surface area contributed by atoms with Crippen molar-refractivity contribution in [2.75, 3.05) is 25.7 Å². The Hall–Kier alpha value is -3.02. The van der Waals surface area contributed by atoms with Crippen molar-refractivity contribution < 1.29 is 19.1 Å². The molecule has 4 rings (SSSR count). The molecule has 0 bridgehead atoms. The average molecular weight is 423 g/mol. The van der Waals surface area contributed by atoms with Gasteiger partial charge >= 0.3 is 0 Å². The van der Waals surface area contributed by atoms with Gasteiger partial charge in [0, 0.05) is 30.4 Å². The first kappa shape index (κ1) is 21.2. The molecular weight excluding hydrogens is 392 g/mol. The molecule has 6 heteroatoms. The predicted octanol–water partition coefficient (Wildman–Crippen LogP) is 3.86. The van der Waals surface area contributed by atoms with Crippen LogP contribution in [0.4, 0.5) is 5.69 Å². The van der Waals surface area contributed by atoms with Crippen LogP contribution in [-0.4, -0.2) is 43.5 Å². The Morgan fingerprint density at radius 2 is 1.81 bits per heavy atom. The summed E-state index contributed by atoms with van der Waals surface area (Å²) in [5.74, 6) is 0.629. The Kier molecular flexibility index (Phi) is 5.90. The number of hydrogen-bond acceptors (Lipinski definition) is 4. The number of rotatable bonds is 7.